The predicted molar refractivity (Wildman–Crippen MR) is 57.0 cm³/mol. The van der Waals surface area contributed by atoms with Crippen molar-refractivity contribution < 1.29 is 18.3 Å². The van der Waals surface area contributed by atoms with Gasteiger partial charge in [0.15, 0.2) is 11.5 Å². The number of fused-ring (bicyclic) bond motifs is 1. The van der Waals surface area contributed by atoms with Gasteiger partial charge in [-0.05, 0) is 0 Å². The van der Waals surface area contributed by atoms with Crippen LogP contribution in [0.5, 0.6) is 0 Å². The number of hydrogen-bond donors (Lipinski definition) is 2. The van der Waals surface area contributed by atoms with Gasteiger partial charge in [-0.2, -0.15) is 13.2 Å². The van der Waals surface area contributed by atoms with Gasteiger partial charge in [-0.15, -0.1) is 0 Å². The van der Waals surface area contributed by atoms with Gasteiger partial charge in [0.1, 0.15) is 18.4 Å². The Morgan fingerprint density at radius 2 is 2.06 bits per heavy atom. The summed E-state index contributed by atoms with van der Waals surface area (Å²) in [4.78, 5) is 15.1. The van der Waals surface area contributed by atoms with Crippen molar-refractivity contribution >= 4 is 17.0 Å². The molecule has 2 heterocycles. The third-order valence-corrected chi connectivity index (χ3v) is 2.24. The number of nitrogens with zero attached hydrogens (tertiary/aromatic N) is 4. The van der Waals surface area contributed by atoms with Crippen LogP contribution in [0.3, 0.4) is 0 Å². The van der Waals surface area contributed by atoms with Crippen LogP contribution in [0.1, 0.15) is 0 Å². The zero-order valence-corrected chi connectivity index (χ0v) is 9.15. The molecule has 0 aliphatic rings. The van der Waals surface area contributed by atoms with Crippen LogP contribution in [0.2, 0.25) is 0 Å². The number of alkyl halides is 3. The van der Waals surface area contributed by atoms with Gasteiger partial charge in [0, 0.05) is 6.54 Å². The molecule has 0 aromatic carbocycles. The lowest BCUT2D eigenvalue weighted by atomic mass is 10.4. The summed E-state index contributed by atoms with van der Waals surface area (Å²) in [5, 5.41) is 8.84. The van der Waals surface area contributed by atoms with Gasteiger partial charge in [-0.25, -0.2) is 15.0 Å². The minimum absolute atomic E-state index is 0.0730. The molecule has 0 unspecified atom stereocenters. The highest BCUT2D eigenvalue weighted by Crippen LogP contribution is 2.24. The molecule has 0 aliphatic carbocycles. The number of H-pyrrole nitrogens is 1. The average Bonchev–Trinajstić information content (AvgIpc) is 2.74. The topological polar surface area (TPSA) is 77.9 Å². The van der Waals surface area contributed by atoms with E-state index in [1.165, 1.54) is 6.33 Å². The lowest BCUT2D eigenvalue weighted by Gasteiger charge is -2.23. The molecule has 0 radical (unpaired) electrons. The monoisotopic (exact) mass is 261 g/mol. The number of aromatic nitrogens is 4. The number of rotatable bonds is 4. The summed E-state index contributed by atoms with van der Waals surface area (Å²) >= 11 is 0. The highest BCUT2D eigenvalue weighted by molar-refractivity contribution is 5.82. The number of imidazole rings is 1. The second-order valence-corrected chi connectivity index (χ2v) is 3.56. The Morgan fingerprint density at radius 3 is 2.72 bits per heavy atom. The molecule has 0 amide bonds. The third kappa shape index (κ3) is 2.67. The van der Waals surface area contributed by atoms with Crippen molar-refractivity contribution in [2.45, 2.75) is 6.18 Å². The largest absolute Gasteiger partial charge is 0.405 e. The molecule has 0 spiro atoms. The van der Waals surface area contributed by atoms with Crippen molar-refractivity contribution in [3.8, 4) is 0 Å². The van der Waals surface area contributed by atoms with Crippen molar-refractivity contribution in [1.82, 2.24) is 19.9 Å². The standard InChI is InChI=1S/C9H10F3N5O/c10-9(11,12)3-17(1-2-18)8-6-7(14-4-13-6)15-5-16-8/h4-5,18H,1-3H2,(H,13,14,15,16). The van der Waals surface area contributed by atoms with Crippen LogP contribution in [0, 0.1) is 0 Å². The molecule has 0 fully saturated rings. The third-order valence-electron chi connectivity index (χ3n) is 2.24. The maximum absolute atomic E-state index is 12.4. The number of anilines is 1. The van der Waals surface area contributed by atoms with Crippen LogP contribution in [-0.2, 0) is 0 Å². The van der Waals surface area contributed by atoms with Crippen LogP contribution in [0.4, 0.5) is 19.0 Å². The fourth-order valence-electron chi connectivity index (χ4n) is 1.59. The minimum Gasteiger partial charge on any atom is -0.395 e. The first kappa shape index (κ1) is 12.6. The van der Waals surface area contributed by atoms with Gasteiger partial charge in [-0.3, -0.25) is 0 Å². The molecule has 98 valence electrons. The summed E-state index contributed by atoms with van der Waals surface area (Å²) in [6.07, 6.45) is -1.92. The summed E-state index contributed by atoms with van der Waals surface area (Å²) in [7, 11) is 0. The number of nitrogens with one attached hydrogen (secondary N) is 1. The smallest absolute Gasteiger partial charge is 0.395 e. The van der Waals surface area contributed by atoms with E-state index in [1.807, 2.05) is 0 Å². The lowest BCUT2D eigenvalue weighted by Crippen LogP contribution is -2.37. The molecule has 2 rings (SSSR count). The second-order valence-electron chi connectivity index (χ2n) is 3.56. The maximum atomic E-state index is 12.4. The molecule has 2 aromatic heterocycles. The SMILES string of the molecule is OCCN(CC(F)(F)F)c1ncnc2nc[nH]c12. The first-order chi connectivity index (χ1) is 8.51. The highest BCUT2D eigenvalue weighted by atomic mass is 19.4. The molecule has 0 saturated heterocycles. The summed E-state index contributed by atoms with van der Waals surface area (Å²) in [5.41, 5.74) is 0.598. The Bertz CT molecular complexity index is 526. The van der Waals surface area contributed by atoms with Gasteiger partial charge in [-0.1, -0.05) is 0 Å². The zero-order chi connectivity index (χ0) is 13.2. The molecule has 2 aromatic rings. The summed E-state index contributed by atoms with van der Waals surface area (Å²) in [6.45, 7) is -1.78. The van der Waals surface area contributed by atoms with Crippen LogP contribution in [0.25, 0.3) is 11.2 Å². The van der Waals surface area contributed by atoms with E-state index < -0.39 is 19.3 Å². The van der Waals surface area contributed by atoms with Crippen LogP contribution in [0.15, 0.2) is 12.7 Å². The van der Waals surface area contributed by atoms with E-state index >= 15 is 0 Å². The van der Waals surface area contributed by atoms with Crippen molar-refractivity contribution in [2.75, 3.05) is 24.6 Å². The number of halogens is 3. The fraction of sp³-hybridized carbons (Fsp3) is 0.444. The molecular weight excluding hydrogens is 251 g/mol. The van der Waals surface area contributed by atoms with Crippen LogP contribution in [-0.4, -0.2) is 50.9 Å². The van der Waals surface area contributed by atoms with E-state index in [0.717, 1.165) is 11.2 Å². The number of aliphatic hydroxyl groups is 1. The molecule has 0 aliphatic heterocycles. The Balaban J connectivity index is 2.38. The second kappa shape index (κ2) is 4.77. The highest BCUT2D eigenvalue weighted by Gasteiger charge is 2.32. The summed E-state index contributed by atoms with van der Waals surface area (Å²) in [6, 6.07) is 0. The first-order valence-corrected chi connectivity index (χ1v) is 5.08. The van der Waals surface area contributed by atoms with E-state index in [4.69, 9.17) is 5.11 Å². The fourth-order valence-corrected chi connectivity index (χ4v) is 1.59. The van der Waals surface area contributed by atoms with Crippen molar-refractivity contribution in [1.29, 1.82) is 0 Å². The van der Waals surface area contributed by atoms with E-state index in [-0.39, 0.29) is 18.0 Å². The Kier molecular flexibility index (Phi) is 3.32. The number of aromatic amines is 1. The normalized spacial score (nSPS) is 12.0. The minimum atomic E-state index is -4.38. The number of aliphatic hydroxyl groups excluding tert-OH is 1. The Hall–Kier alpha value is -1.90. The van der Waals surface area contributed by atoms with Crippen molar-refractivity contribution in [3.05, 3.63) is 12.7 Å². The first-order valence-electron chi connectivity index (χ1n) is 5.08. The van der Waals surface area contributed by atoms with E-state index in [1.54, 1.807) is 0 Å². The van der Waals surface area contributed by atoms with Gasteiger partial charge in [0.05, 0.1) is 12.9 Å². The predicted octanol–water partition coefficient (Wildman–Crippen LogP) is 0.714. The van der Waals surface area contributed by atoms with Gasteiger partial charge < -0.3 is 15.0 Å². The zero-order valence-electron chi connectivity index (χ0n) is 9.15. The Labute approximate surface area is 99.5 Å². The maximum Gasteiger partial charge on any atom is 0.405 e. The summed E-state index contributed by atoms with van der Waals surface area (Å²) < 4.78 is 37.3. The molecular formula is C9H10F3N5O. The van der Waals surface area contributed by atoms with E-state index in [9.17, 15) is 13.2 Å². The number of hydrogen-bond acceptors (Lipinski definition) is 5. The van der Waals surface area contributed by atoms with Crippen molar-refractivity contribution in [3.63, 3.8) is 0 Å². The van der Waals surface area contributed by atoms with Gasteiger partial charge in [0.2, 0.25) is 0 Å². The van der Waals surface area contributed by atoms with Crippen LogP contribution >= 0.6 is 0 Å². The van der Waals surface area contributed by atoms with Crippen molar-refractivity contribution in [2.24, 2.45) is 0 Å². The van der Waals surface area contributed by atoms with E-state index in [2.05, 4.69) is 19.9 Å². The molecule has 0 atom stereocenters. The molecule has 18 heavy (non-hydrogen) atoms. The van der Waals surface area contributed by atoms with E-state index in [0.29, 0.717) is 5.52 Å². The summed E-state index contributed by atoms with van der Waals surface area (Å²) in [5.74, 6) is 0.0730. The molecule has 0 bridgehead atoms. The van der Waals surface area contributed by atoms with Crippen LogP contribution < -0.4 is 4.90 Å². The average molecular weight is 261 g/mol. The molecule has 0 saturated carbocycles. The quantitative estimate of drug-likeness (QED) is 0.847. The lowest BCUT2D eigenvalue weighted by molar-refractivity contribution is -0.119. The molecule has 9 heteroatoms. The molecule has 2 N–H and O–H groups in total. The Morgan fingerprint density at radius 1 is 1.28 bits per heavy atom. The van der Waals surface area contributed by atoms with Gasteiger partial charge in [0.25, 0.3) is 0 Å². The molecule has 6 nitrogen and oxygen atoms in total. The van der Waals surface area contributed by atoms with Gasteiger partial charge >= 0.3 is 6.18 Å².